The van der Waals surface area contributed by atoms with Gasteiger partial charge in [-0.15, -0.1) is 0 Å². The summed E-state index contributed by atoms with van der Waals surface area (Å²) < 4.78 is 13.0. The van der Waals surface area contributed by atoms with Crippen molar-refractivity contribution >= 4 is 23.2 Å². The Bertz CT molecular complexity index is 727. The first-order valence-electron chi connectivity index (χ1n) is 8.04. The van der Waals surface area contributed by atoms with Crippen LogP contribution < -0.4 is 10.2 Å². The number of nitrogens with one attached hydrogen (secondary N) is 1. The Morgan fingerprint density at radius 3 is 2.12 bits per heavy atom. The van der Waals surface area contributed by atoms with Crippen LogP contribution in [-0.4, -0.2) is 43.9 Å². The molecule has 0 aliphatic rings. The van der Waals surface area contributed by atoms with Crippen molar-refractivity contribution in [3.05, 3.63) is 59.9 Å². The molecule has 0 saturated carbocycles. The molecule has 0 aliphatic heterocycles. The summed E-state index contributed by atoms with van der Waals surface area (Å²) in [6, 6.07) is 12.8. The number of anilines is 2. The van der Waals surface area contributed by atoms with Crippen molar-refractivity contribution in [1.82, 2.24) is 4.90 Å². The van der Waals surface area contributed by atoms with Gasteiger partial charge in [0.15, 0.2) is 0 Å². The van der Waals surface area contributed by atoms with Crippen molar-refractivity contribution in [1.29, 1.82) is 0 Å². The first-order chi connectivity index (χ1) is 11.9. The maximum atomic E-state index is 13.0. The molecule has 0 fully saturated rings. The van der Waals surface area contributed by atoms with Gasteiger partial charge < -0.3 is 15.1 Å². The monoisotopic (exact) mass is 343 g/mol. The van der Waals surface area contributed by atoms with E-state index in [0.717, 1.165) is 5.69 Å². The molecule has 2 aromatic carbocycles. The highest BCUT2D eigenvalue weighted by atomic mass is 19.1. The maximum Gasteiger partial charge on any atom is 0.253 e. The fourth-order valence-electron chi connectivity index (χ4n) is 2.39. The molecule has 25 heavy (non-hydrogen) atoms. The van der Waals surface area contributed by atoms with Gasteiger partial charge in [-0.1, -0.05) is 0 Å². The summed E-state index contributed by atoms with van der Waals surface area (Å²) in [5.41, 5.74) is 1.99. The Labute approximate surface area is 147 Å². The van der Waals surface area contributed by atoms with Gasteiger partial charge in [0.05, 0.1) is 6.54 Å². The number of nitrogens with zero attached hydrogens (tertiary/aromatic N) is 2. The average Bonchev–Trinajstić information content (AvgIpc) is 2.62. The van der Waals surface area contributed by atoms with Gasteiger partial charge in [0, 0.05) is 37.6 Å². The first kappa shape index (κ1) is 18.4. The van der Waals surface area contributed by atoms with Crippen LogP contribution in [0.3, 0.4) is 0 Å². The Kier molecular flexibility index (Phi) is 6.11. The Morgan fingerprint density at radius 2 is 1.60 bits per heavy atom. The van der Waals surface area contributed by atoms with E-state index >= 15 is 0 Å². The third kappa shape index (κ3) is 4.79. The van der Waals surface area contributed by atoms with Crippen molar-refractivity contribution in [2.75, 3.05) is 37.4 Å². The lowest BCUT2D eigenvalue weighted by Crippen LogP contribution is -2.35. The van der Waals surface area contributed by atoms with Crippen LogP contribution in [0.25, 0.3) is 0 Å². The highest BCUT2D eigenvalue weighted by molar-refractivity contribution is 5.96. The van der Waals surface area contributed by atoms with Gasteiger partial charge in [-0.2, -0.15) is 0 Å². The number of rotatable bonds is 6. The number of carbonyl (C=O) groups excluding carboxylic acids is 2. The number of halogens is 1. The number of likely N-dealkylation sites (N-methyl/N-ethyl adjacent to an activating group) is 1. The molecule has 0 radical (unpaired) electrons. The standard InChI is InChI=1S/C19H22FN3O2/c1-4-23(17-11-7-15(20)8-12-17)18(24)13-21-16-9-5-14(6-10-16)19(25)22(2)3/h5-12,21H,4,13H2,1-3H3. The number of carbonyl (C=O) groups is 2. The minimum atomic E-state index is -0.335. The molecule has 5 nitrogen and oxygen atoms in total. The summed E-state index contributed by atoms with van der Waals surface area (Å²) in [5.74, 6) is -0.531. The topological polar surface area (TPSA) is 52.7 Å². The van der Waals surface area contributed by atoms with Crippen LogP contribution in [0.4, 0.5) is 15.8 Å². The second-order valence-corrected chi connectivity index (χ2v) is 5.74. The Morgan fingerprint density at radius 1 is 1.00 bits per heavy atom. The molecule has 0 atom stereocenters. The van der Waals surface area contributed by atoms with Crippen LogP contribution in [0.1, 0.15) is 17.3 Å². The molecule has 0 aliphatic carbocycles. The van der Waals surface area contributed by atoms with E-state index in [1.807, 2.05) is 6.92 Å². The van der Waals surface area contributed by atoms with Crippen molar-refractivity contribution in [2.45, 2.75) is 6.92 Å². The fraction of sp³-hybridized carbons (Fsp3) is 0.263. The molecule has 2 aromatic rings. The van der Waals surface area contributed by atoms with Gasteiger partial charge in [0.25, 0.3) is 5.91 Å². The Balaban J connectivity index is 1.98. The molecule has 6 heteroatoms. The zero-order valence-electron chi connectivity index (χ0n) is 14.6. The molecule has 0 spiro atoms. The second-order valence-electron chi connectivity index (χ2n) is 5.74. The molecule has 0 heterocycles. The van der Waals surface area contributed by atoms with E-state index in [1.54, 1.807) is 55.4 Å². The normalized spacial score (nSPS) is 10.2. The molecule has 0 saturated heterocycles. The lowest BCUT2D eigenvalue weighted by Gasteiger charge is -2.21. The van der Waals surface area contributed by atoms with Crippen molar-refractivity contribution in [2.24, 2.45) is 0 Å². The summed E-state index contributed by atoms with van der Waals surface area (Å²) in [7, 11) is 3.39. The van der Waals surface area contributed by atoms with Crippen LogP contribution >= 0.6 is 0 Å². The van der Waals surface area contributed by atoms with E-state index in [0.29, 0.717) is 17.8 Å². The van der Waals surface area contributed by atoms with Crippen LogP contribution in [-0.2, 0) is 4.79 Å². The second kappa shape index (κ2) is 8.28. The van der Waals surface area contributed by atoms with Gasteiger partial charge in [0.1, 0.15) is 5.82 Å². The van der Waals surface area contributed by atoms with Gasteiger partial charge in [-0.05, 0) is 55.5 Å². The first-order valence-corrected chi connectivity index (χ1v) is 8.04. The van der Waals surface area contributed by atoms with E-state index in [1.165, 1.54) is 17.0 Å². The minimum absolute atomic E-state index is 0.0731. The molecular formula is C19H22FN3O2. The molecule has 0 unspecified atom stereocenters. The van der Waals surface area contributed by atoms with Crippen LogP contribution in [0.2, 0.25) is 0 Å². The molecule has 2 rings (SSSR count). The smallest absolute Gasteiger partial charge is 0.253 e. The molecule has 0 bridgehead atoms. The van der Waals surface area contributed by atoms with E-state index in [4.69, 9.17) is 0 Å². The fourth-order valence-corrected chi connectivity index (χ4v) is 2.39. The van der Waals surface area contributed by atoms with Crippen LogP contribution in [0.5, 0.6) is 0 Å². The van der Waals surface area contributed by atoms with Gasteiger partial charge >= 0.3 is 0 Å². The SMILES string of the molecule is CCN(C(=O)CNc1ccc(C(=O)N(C)C)cc1)c1ccc(F)cc1. The minimum Gasteiger partial charge on any atom is -0.376 e. The lowest BCUT2D eigenvalue weighted by atomic mass is 10.2. The quantitative estimate of drug-likeness (QED) is 0.877. The number of amides is 2. The van der Waals surface area contributed by atoms with Crippen molar-refractivity contribution in [3.8, 4) is 0 Å². The number of hydrogen-bond donors (Lipinski definition) is 1. The van der Waals surface area contributed by atoms with Crippen LogP contribution in [0, 0.1) is 5.82 Å². The van der Waals surface area contributed by atoms with E-state index in [-0.39, 0.29) is 24.2 Å². The summed E-state index contributed by atoms with van der Waals surface area (Å²) in [4.78, 5) is 27.3. The zero-order chi connectivity index (χ0) is 18.4. The van der Waals surface area contributed by atoms with E-state index < -0.39 is 0 Å². The van der Waals surface area contributed by atoms with Gasteiger partial charge in [-0.25, -0.2) is 4.39 Å². The maximum absolute atomic E-state index is 13.0. The molecule has 0 aromatic heterocycles. The Hall–Kier alpha value is -2.89. The summed E-state index contributed by atoms with van der Waals surface area (Å²) in [6.07, 6.45) is 0. The number of hydrogen-bond acceptors (Lipinski definition) is 3. The summed E-state index contributed by atoms with van der Waals surface area (Å²) in [6.45, 7) is 2.46. The zero-order valence-corrected chi connectivity index (χ0v) is 14.6. The third-order valence-electron chi connectivity index (χ3n) is 3.74. The van der Waals surface area contributed by atoms with E-state index in [2.05, 4.69) is 5.32 Å². The molecular weight excluding hydrogens is 321 g/mol. The van der Waals surface area contributed by atoms with Crippen LogP contribution in [0.15, 0.2) is 48.5 Å². The van der Waals surface area contributed by atoms with E-state index in [9.17, 15) is 14.0 Å². The molecule has 1 N–H and O–H groups in total. The predicted molar refractivity (Wildman–Crippen MR) is 97.4 cm³/mol. The largest absolute Gasteiger partial charge is 0.376 e. The number of benzene rings is 2. The third-order valence-corrected chi connectivity index (χ3v) is 3.74. The predicted octanol–water partition coefficient (Wildman–Crippen LogP) is 2.99. The van der Waals surface area contributed by atoms with Crippen molar-refractivity contribution < 1.29 is 14.0 Å². The summed E-state index contributed by atoms with van der Waals surface area (Å²) >= 11 is 0. The molecule has 2 amide bonds. The summed E-state index contributed by atoms with van der Waals surface area (Å²) in [5, 5.41) is 3.05. The average molecular weight is 343 g/mol. The van der Waals surface area contributed by atoms with Gasteiger partial charge in [0.2, 0.25) is 5.91 Å². The highest BCUT2D eigenvalue weighted by Crippen LogP contribution is 2.16. The highest BCUT2D eigenvalue weighted by Gasteiger charge is 2.14. The lowest BCUT2D eigenvalue weighted by molar-refractivity contribution is -0.116. The van der Waals surface area contributed by atoms with Crippen molar-refractivity contribution in [3.63, 3.8) is 0 Å². The van der Waals surface area contributed by atoms with Gasteiger partial charge in [-0.3, -0.25) is 9.59 Å². The molecule has 132 valence electrons.